The highest BCUT2D eigenvalue weighted by Gasteiger charge is 2.37. The fourth-order valence-electron chi connectivity index (χ4n) is 5.06. The van der Waals surface area contributed by atoms with E-state index in [0.29, 0.717) is 53.4 Å². The van der Waals surface area contributed by atoms with Crippen molar-refractivity contribution < 1.29 is 23.5 Å². The van der Waals surface area contributed by atoms with Crippen molar-refractivity contribution >= 4 is 11.7 Å². The predicted molar refractivity (Wildman–Crippen MR) is 148 cm³/mol. The molecule has 0 spiro atoms. The normalized spacial score (nSPS) is 14.0. The van der Waals surface area contributed by atoms with E-state index in [9.17, 15) is 14.0 Å². The van der Waals surface area contributed by atoms with Crippen LogP contribution in [0.3, 0.4) is 0 Å². The number of ether oxygens (including phenoxy) is 2. The number of hydrogen-bond acceptors (Lipinski definition) is 6. The Kier molecular flexibility index (Phi) is 7.38. The number of pyridine rings is 1. The summed E-state index contributed by atoms with van der Waals surface area (Å²) in [5.74, 6) is 1.20. The van der Waals surface area contributed by atoms with Crippen molar-refractivity contribution in [2.75, 3.05) is 14.2 Å². The molecule has 9 heteroatoms. The molecule has 0 radical (unpaired) electrons. The van der Waals surface area contributed by atoms with E-state index in [1.807, 2.05) is 18.2 Å². The summed E-state index contributed by atoms with van der Waals surface area (Å²) >= 11 is 0. The van der Waals surface area contributed by atoms with Gasteiger partial charge in [-0.3, -0.25) is 9.59 Å². The van der Waals surface area contributed by atoms with Crippen molar-refractivity contribution in [3.63, 3.8) is 0 Å². The zero-order valence-electron chi connectivity index (χ0n) is 23.0. The molecular formula is C31H31FN4O4. The first-order chi connectivity index (χ1) is 19.2. The molecule has 0 bridgehead atoms. The summed E-state index contributed by atoms with van der Waals surface area (Å²) in [6, 6.07) is 15.0. The van der Waals surface area contributed by atoms with E-state index in [-0.39, 0.29) is 29.5 Å². The number of benzene rings is 2. The molecule has 2 heterocycles. The van der Waals surface area contributed by atoms with E-state index in [4.69, 9.17) is 14.6 Å². The molecule has 2 aromatic heterocycles. The Balaban J connectivity index is 1.43. The smallest absolute Gasteiger partial charge is 0.253 e. The van der Waals surface area contributed by atoms with Gasteiger partial charge in [0.05, 0.1) is 36.7 Å². The van der Waals surface area contributed by atoms with Crippen LogP contribution in [0.4, 0.5) is 4.39 Å². The standard InChI is InChI=1S/C31H31FN4O4/c1-31(2)15-24-29(25(37)16-31)23(13-20-7-11-26(39-3)27(14-20)40-4)35-36(24)28-12-8-21(18-33-28)30(38)34-17-19-5-9-22(32)10-6-19/h5-12,14,18H,13,15-17H2,1-4H3,(H,34,38). The molecule has 5 rings (SSSR count). The Bertz CT molecular complexity index is 1560. The number of nitrogens with zero attached hydrogens (tertiary/aromatic N) is 3. The zero-order valence-corrected chi connectivity index (χ0v) is 23.0. The molecule has 0 aliphatic heterocycles. The van der Waals surface area contributed by atoms with Gasteiger partial charge < -0.3 is 14.8 Å². The van der Waals surface area contributed by atoms with Crippen molar-refractivity contribution in [1.82, 2.24) is 20.1 Å². The molecule has 1 aliphatic rings. The molecule has 4 aromatic rings. The second-order valence-electron chi connectivity index (χ2n) is 10.7. The van der Waals surface area contributed by atoms with Gasteiger partial charge in [-0.25, -0.2) is 14.1 Å². The summed E-state index contributed by atoms with van der Waals surface area (Å²) in [4.78, 5) is 30.6. The number of halogens is 1. The molecule has 206 valence electrons. The van der Waals surface area contributed by atoms with Gasteiger partial charge in [0.15, 0.2) is 23.1 Å². The number of ketones is 1. The number of rotatable bonds is 8. The minimum atomic E-state index is -0.326. The van der Waals surface area contributed by atoms with E-state index in [2.05, 4.69) is 24.1 Å². The Morgan fingerprint density at radius 2 is 1.73 bits per heavy atom. The Morgan fingerprint density at radius 1 is 1.00 bits per heavy atom. The lowest BCUT2D eigenvalue weighted by molar-refractivity contribution is 0.0908. The highest BCUT2D eigenvalue weighted by atomic mass is 19.1. The molecule has 1 N–H and O–H groups in total. The number of nitrogens with one attached hydrogen (secondary N) is 1. The number of hydrogen-bond donors (Lipinski definition) is 1. The molecule has 1 amide bonds. The lowest BCUT2D eigenvalue weighted by Crippen LogP contribution is -2.28. The molecule has 0 saturated carbocycles. The van der Waals surface area contributed by atoms with Crippen LogP contribution in [-0.4, -0.2) is 40.7 Å². The molecular weight excluding hydrogens is 511 g/mol. The Morgan fingerprint density at radius 3 is 2.40 bits per heavy atom. The van der Waals surface area contributed by atoms with Crippen LogP contribution in [0.15, 0.2) is 60.8 Å². The minimum Gasteiger partial charge on any atom is -0.493 e. The first-order valence-corrected chi connectivity index (χ1v) is 13.0. The van der Waals surface area contributed by atoms with E-state index in [1.54, 1.807) is 43.2 Å². The Labute approximate surface area is 232 Å². The third kappa shape index (κ3) is 5.59. The summed E-state index contributed by atoms with van der Waals surface area (Å²) in [7, 11) is 3.17. The second-order valence-corrected chi connectivity index (χ2v) is 10.7. The summed E-state index contributed by atoms with van der Waals surface area (Å²) < 4.78 is 25.7. The number of carbonyl (C=O) groups is 2. The average molecular weight is 543 g/mol. The number of carbonyl (C=O) groups excluding carboxylic acids is 2. The fraction of sp³-hybridized carbons (Fsp3) is 0.290. The van der Waals surface area contributed by atoms with Crippen LogP contribution < -0.4 is 14.8 Å². The lowest BCUT2D eigenvalue weighted by atomic mass is 9.75. The van der Waals surface area contributed by atoms with Crippen LogP contribution in [0, 0.1) is 11.2 Å². The second kappa shape index (κ2) is 10.9. The van der Waals surface area contributed by atoms with Crippen LogP contribution in [0.1, 0.15) is 63.5 Å². The lowest BCUT2D eigenvalue weighted by Gasteiger charge is -2.29. The van der Waals surface area contributed by atoms with E-state index >= 15 is 0 Å². The zero-order chi connectivity index (χ0) is 28.4. The van der Waals surface area contributed by atoms with E-state index in [0.717, 1.165) is 16.8 Å². The third-order valence-corrected chi connectivity index (χ3v) is 7.03. The van der Waals surface area contributed by atoms with Crippen LogP contribution in [0.5, 0.6) is 11.5 Å². The third-order valence-electron chi connectivity index (χ3n) is 7.03. The number of Topliss-reactive ketones (excluding diaryl/α,β-unsaturated/α-hetero) is 1. The molecule has 0 unspecified atom stereocenters. The highest BCUT2D eigenvalue weighted by Crippen LogP contribution is 2.38. The summed E-state index contributed by atoms with van der Waals surface area (Å²) in [5.41, 5.74) is 4.01. The Hall–Kier alpha value is -4.53. The number of aromatic nitrogens is 3. The van der Waals surface area contributed by atoms with Gasteiger partial charge in [-0.2, -0.15) is 5.10 Å². The van der Waals surface area contributed by atoms with Crippen LogP contribution >= 0.6 is 0 Å². The number of methoxy groups -OCH3 is 2. The summed E-state index contributed by atoms with van der Waals surface area (Å²) in [6.07, 6.45) is 3.03. The minimum absolute atomic E-state index is 0.0600. The number of amides is 1. The summed E-state index contributed by atoms with van der Waals surface area (Å²) in [6.45, 7) is 4.41. The summed E-state index contributed by atoms with van der Waals surface area (Å²) in [5, 5.41) is 7.68. The number of fused-ring (bicyclic) bond motifs is 1. The van der Waals surface area contributed by atoms with Gasteiger partial charge in [-0.05, 0) is 59.4 Å². The first kappa shape index (κ1) is 27.1. The van der Waals surface area contributed by atoms with Gasteiger partial charge in [0.1, 0.15) is 5.82 Å². The van der Waals surface area contributed by atoms with Crippen molar-refractivity contribution in [1.29, 1.82) is 0 Å². The maximum atomic E-state index is 13.3. The van der Waals surface area contributed by atoms with Gasteiger partial charge in [-0.15, -0.1) is 0 Å². The van der Waals surface area contributed by atoms with Gasteiger partial charge in [0, 0.05) is 25.6 Å². The topological polar surface area (TPSA) is 95.3 Å². The molecule has 0 fully saturated rings. The largest absolute Gasteiger partial charge is 0.493 e. The van der Waals surface area contributed by atoms with Crippen LogP contribution in [-0.2, 0) is 19.4 Å². The van der Waals surface area contributed by atoms with Crippen molar-refractivity contribution in [2.45, 2.75) is 39.7 Å². The van der Waals surface area contributed by atoms with Crippen molar-refractivity contribution in [3.05, 3.63) is 100 Å². The van der Waals surface area contributed by atoms with Gasteiger partial charge >= 0.3 is 0 Å². The van der Waals surface area contributed by atoms with Crippen molar-refractivity contribution in [3.8, 4) is 17.3 Å². The molecule has 0 atom stereocenters. The predicted octanol–water partition coefficient (Wildman–Crippen LogP) is 5.10. The van der Waals surface area contributed by atoms with Crippen LogP contribution in [0.2, 0.25) is 0 Å². The van der Waals surface area contributed by atoms with Gasteiger partial charge in [-0.1, -0.05) is 32.0 Å². The van der Waals surface area contributed by atoms with Crippen molar-refractivity contribution in [2.24, 2.45) is 5.41 Å². The highest BCUT2D eigenvalue weighted by molar-refractivity contribution is 6.00. The van der Waals surface area contributed by atoms with E-state index < -0.39 is 0 Å². The van der Waals surface area contributed by atoms with Gasteiger partial charge in [0.25, 0.3) is 5.91 Å². The fourth-order valence-corrected chi connectivity index (χ4v) is 5.06. The van der Waals surface area contributed by atoms with Crippen LogP contribution in [0.25, 0.3) is 5.82 Å². The molecule has 40 heavy (non-hydrogen) atoms. The maximum Gasteiger partial charge on any atom is 0.253 e. The average Bonchev–Trinajstić information content (AvgIpc) is 3.29. The molecule has 2 aromatic carbocycles. The monoisotopic (exact) mass is 542 g/mol. The first-order valence-electron chi connectivity index (χ1n) is 13.0. The molecule has 1 aliphatic carbocycles. The quantitative estimate of drug-likeness (QED) is 0.333. The van der Waals surface area contributed by atoms with E-state index in [1.165, 1.54) is 18.3 Å². The molecule has 8 nitrogen and oxygen atoms in total. The SMILES string of the molecule is COc1ccc(Cc2nn(-c3ccc(C(=O)NCc4ccc(F)cc4)cn3)c3c2C(=O)CC(C)(C)C3)cc1OC. The molecule has 0 saturated heterocycles. The van der Waals surface area contributed by atoms with Gasteiger partial charge in [0.2, 0.25) is 0 Å². The maximum absolute atomic E-state index is 13.3.